The minimum Gasteiger partial charge on any atom is -0.309 e. The van der Waals surface area contributed by atoms with Crippen LogP contribution in [0.4, 0.5) is 0 Å². The molecule has 0 unspecified atom stereocenters. The van der Waals surface area contributed by atoms with E-state index in [0.717, 1.165) is 43.3 Å². The molecule has 3 heterocycles. The predicted octanol–water partition coefficient (Wildman–Crippen LogP) is 14.5. The Morgan fingerprint density at radius 2 is 0.823 bits per heavy atom. The number of aromatic nitrogens is 5. The molecule has 0 N–H and O–H groups in total. The number of fused-ring (bicyclic) bond motifs is 6. The maximum absolute atomic E-state index is 9.35. The van der Waals surface area contributed by atoms with E-state index in [9.17, 15) is 5.48 Å². The molecule has 0 aliphatic rings. The van der Waals surface area contributed by atoms with Crippen molar-refractivity contribution in [1.82, 2.24) is 24.1 Å². The van der Waals surface area contributed by atoms with E-state index >= 15 is 0 Å². The highest BCUT2D eigenvalue weighted by molar-refractivity contribution is 6.34. The Kier molecular flexibility index (Phi) is 4.53. The van der Waals surface area contributed by atoms with Crippen molar-refractivity contribution >= 4 is 65.2 Å². The highest BCUT2D eigenvalue weighted by atomic mass is 15.2. The lowest BCUT2D eigenvalue weighted by molar-refractivity contribution is 0.953. The van der Waals surface area contributed by atoms with Crippen LogP contribution in [0.5, 0.6) is 0 Å². The van der Waals surface area contributed by atoms with Gasteiger partial charge in [-0.05, 0) is 86.2 Å². The lowest BCUT2D eigenvalue weighted by atomic mass is 9.92. The third kappa shape index (κ3) is 5.25. The summed E-state index contributed by atoms with van der Waals surface area (Å²) < 4.78 is 169. The van der Waals surface area contributed by atoms with Crippen molar-refractivity contribution < 1.29 is 26.0 Å². The number of hydrogen-bond donors (Lipinski definition) is 0. The van der Waals surface area contributed by atoms with E-state index in [1.807, 2.05) is 78.9 Å². The van der Waals surface area contributed by atoms with E-state index in [0.29, 0.717) is 33.0 Å². The van der Waals surface area contributed by atoms with Crippen molar-refractivity contribution in [3.05, 3.63) is 212 Å². The summed E-state index contributed by atoms with van der Waals surface area (Å²) in [7, 11) is 0. The van der Waals surface area contributed by atoms with Gasteiger partial charge in [-0.3, -0.25) is 4.57 Å². The lowest BCUT2D eigenvalue weighted by Gasteiger charge is -2.12. The molecule has 5 heteroatoms. The summed E-state index contributed by atoms with van der Waals surface area (Å²) in [6.45, 7) is 0. The average Bonchev–Trinajstić information content (AvgIpc) is 3.22. The number of hydrogen-bond acceptors (Lipinski definition) is 3. The van der Waals surface area contributed by atoms with E-state index in [4.69, 9.17) is 30.5 Å². The Hall–Kier alpha value is -8.41. The monoisotopic (exact) mass is 808 g/mol. The Morgan fingerprint density at radius 3 is 1.52 bits per heavy atom. The summed E-state index contributed by atoms with van der Waals surface area (Å²) in [4.78, 5) is 14.1. The second kappa shape index (κ2) is 13.6. The fourth-order valence-corrected chi connectivity index (χ4v) is 8.67. The molecule has 5 nitrogen and oxygen atoms in total. The quantitative estimate of drug-likeness (QED) is 0.157. The first-order valence-electron chi connectivity index (χ1n) is 29.0. The molecule has 0 atom stereocenters. The fourth-order valence-electron chi connectivity index (χ4n) is 8.67. The zero-order chi connectivity index (χ0) is 57.3. The second-order valence-electron chi connectivity index (χ2n) is 14.6. The van der Waals surface area contributed by atoms with Crippen LogP contribution >= 0.6 is 0 Å². The van der Waals surface area contributed by atoms with E-state index in [1.54, 1.807) is 21.3 Å². The van der Waals surface area contributed by atoms with Crippen molar-refractivity contribution in [2.24, 2.45) is 0 Å². The zero-order valence-electron chi connectivity index (χ0n) is 51.0. The van der Waals surface area contributed by atoms with Crippen molar-refractivity contribution in [1.29, 1.82) is 0 Å². The van der Waals surface area contributed by atoms with Crippen molar-refractivity contribution in [2.75, 3.05) is 0 Å². The molecular weight excluding hydrogens is 755 g/mol. The first-order chi connectivity index (χ1) is 38.6. The van der Waals surface area contributed by atoms with Crippen LogP contribution < -0.4 is 0 Å². The normalized spacial score (nSPS) is 16.2. The van der Waals surface area contributed by atoms with Crippen LogP contribution in [-0.4, -0.2) is 24.1 Å². The van der Waals surface area contributed by atoms with Gasteiger partial charge in [0.1, 0.15) is 0 Å². The average molecular weight is 809 g/mol. The molecule has 0 spiro atoms. The fraction of sp³-hybridized carbons (Fsp3) is 0. The molecule has 0 aliphatic heterocycles. The third-order valence-electron chi connectivity index (χ3n) is 11.3. The predicted molar refractivity (Wildman–Crippen MR) is 256 cm³/mol. The molecule has 0 bridgehead atoms. The summed E-state index contributed by atoms with van der Waals surface area (Å²) in [6, 6.07) is 18.2. The van der Waals surface area contributed by atoms with Crippen LogP contribution in [-0.2, 0) is 0 Å². The second-order valence-corrected chi connectivity index (χ2v) is 14.6. The standard InChI is InChI=1S/C57H35N5/c1-4-14-36(15-5-1)37-26-28-39(29-27-37)56-58-55(38-16-6-2-7-17-38)59-57(60-56)62-49-23-11-10-20-44(49)45-33-31-41(35-52(45)62)40-30-32-43-46-21-12-24-50-53(46)54-47(48(43)34-40)22-13-25-51(54)61(50)42-18-8-3-9-19-42/h1-35H/i1D,2D,3D,4D,5D,6D,7D,8D,9D,14D,15D,16D,17D,18D,19D,26D,27D,28D,29D. The number of benzene rings is 10. The van der Waals surface area contributed by atoms with Gasteiger partial charge in [0.25, 0.3) is 0 Å². The van der Waals surface area contributed by atoms with Crippen LogP contribution in [0, 0.1) is 0 Å². The van der Waals surface area contributed by atoms with Crippen LogP contribution in [0.1, 0.15) is 26.0 Å². The maximum atomic E-state index is 9.35. The molecule has 62 heavy (non-hydrogen) atoms. The topological polar surface area (TPSA) is 48.5 Å². The summed E-state index contributed by atoms with van der Waals surface area (Å²) in [5, 5.41) is 6.61. The Labute approximate surface area is 383 Å². The van der Waals surface area contributed by atoms with Crippen LogP contribution in [0.3, 0.4) is 0 Å². The van der Waals surface area contributed by atoms with E-state index in [2.05, 4.69) is 11.1 Å². The summed E-state index contributed by atoms with van der Waals surface area (Å²) in [6.07, 6.45) is 0. The van der Waals surface area contributed by atoms with Gasteiger partial charge in [-0.1, -0.05) is 169 Å². The van der Waals surface area contributed by atoms with Gasteiger partial charge in [0, 0.05) is 38.4 Å². The molecule has 288 valence electrons. The Bertz CT molecular complexity index is 4900. The zero-order valence-corrected chi connectivity index (χ0v) is 32.0. The third-order valence-corrected chi connectivity index (χ3v) is 11.3. The molecule has 0 saturated carbocycles. The van der Waals surface area contributed by atoms with Crippen LogP contribution in [0.25, 0.3) is 122 Å². The number of nitrogens with zero attached hydrogens (tertiary/aromatic N) is 5. The van der Waals surface area contributed by atoms with Gasteiger partial charge in [0.15, 0.2) is 11.6 Å². The lowest BCUT2D eigenvalue weighted by Crippen LogP contribution is -2.06. The first kappa shape index (κ1) is 20.7. The molecule has 13 aromatic rings. The summed E-state index contributed by atoms with van der Waals surface area (Å²) >= 11 is 0. The smallest absolute Gasteiger partial charge is 0.238 e. The largest absolute Gasteiger partial charge is 0.309 e. The molecule has 0 radical (unpaired) electrons. The first-order valence-corrected chi connectivity index (χ1v) is 19.5. The number of rotatable bonds is 6. The Morgan fingerprint density at radius 1 is 0.323 bits per heavy atom. The van der Waals surface area contributed by atoms with Gasteiger partial charge in [-0.25, -0.2) is 4.98 Å². The van der Waals surface area contributed by atoms with Gasteiger partial charge in [-0.2, -0.15) is 9.97 Å². The molecule has 13 rings (SSSR count). The number of para-hydroxylation sites is 2. The highest BCUT2D eigenvalue weighted by Gasteiger charge is 2.21. The van der Waals surface area contributed by atoms with Crippen LogP contribution in [0.2, 0.25) is 0 Å². The summed E-state index contributed by atoms with van der Waals surface area (Å²) in [5.74, 6) is -1.19. The SMILES string of the molecule is [2H]c1c([2H])c([2H])c(-c2nc(-c3c([2H])c([2H])c(-c4c([2H])c([2H])c([2H])c([2H])c4[2H])c([2H])c3[2H])nc(-n3c4ccccc4c4ccc(-c5ccc6c(c5)c5cccc7c5c5c6cccc5n7-c5c([2H])c([2H])c([2H])c([2H])c5[2H])cc43)n2)c([2H])c1[2H]. The molecule has 0 amide bonds. The van der Waals surface area contributed by atoms with E-state index in [1.165, 1.54) is 0 Å². The molecule has 10 aromatic carbocycles. The minimum atomic E-state index is -0.793. The molecule has 3 aromatic heterocycles. The van der Waals surface area contributed by atoms with Gasteiger partial charge in [-0.15, -0.1) is 0 Å². The minimum absolute atomic E-state index is 0.0314. The molecule has 0 saturated heterocycles. The molecule has 0 fully saturated rings. The maximum Gasteiger partial charge on any atom is 0.238 e. The van der Waals surface area contributed by atoms with Gasteiger partial charge >= 0.3 is 0 Å². The molecular formula is C57H35N5. The van der Waals surface area contributed by atoms with Crippen molar-refractivity contribution in [2.45, 2.75) is 0 Å². The van der Waals surface area contributed by atoms with Gasteiger partial charge in [0.2, 0.25) is 5.95 Å². The van der Waals surface area contributed by atoms with Gasteiger partial charge < -0.3 is 4.57 Å². The van der Waals surface area contributed by atoms with Crippen molar-refractivity contribution in [3.8, 4) is 56.7 Å². The summed E-state index contributed by atoms with van der Waals surface area (Å²) in [5.41, 5.74) is 1.75. The van der Waals surface area contributed by atoms with Gasteiger partial charge in [0.05, 0.1) is 48.1 Å². The highest BCUT2D eigenvalue weighted by Crippen LogP contribution is 2.45. The van der Waals surface area contributed by atoms with E-state index < -0.39 is 137 Å². The van der Waals surface area contributed by atoms with E-state index in [-0.39, 0.29) is 23.7 Å². The Balaban J connectivity index is 1.06. The van der Waals surface area contributed by atoms with Crippen LogP contribution in [0.15, 0.2) is 212 Å². The molecule has 0 aliphatic carbocycles. The van der Waals surface area contributed by atoms with Crippen molar-refractivity contribution in [3.63, 3.8) is 0 Å².